The van der Waals surface area contributed by atoms with Gasteiger partial charge in [0, 0.05) is 17.6 Å². The first-order chi connectivity index (χ1) is 13.5. The number of hydrogen-bond acceptors (Lipinski definition) is 5. The van der Waals surface area contributed by atoms with Crippen molar-refractivity contribution in [2.45, 2.75) is 26.0 Å². The average molecular weight is 404 g/mol. The SMILES string of the molecule is CC[C@H](Oc1ccc(F)cc1)C(=O)N(C)Cc1nc(-c2ccc(Cl)cc2)no1. The van der Waals surface area contributed by atoms with E-state index in [-0.39, 0.29) is 18.3 Å². The summed E-state index contributed by atoms with van der Waals surface area (Å²) in [6.07, 6.45) is -0.241. The maximum atomic E-state index is 13.0. The summed E-state index contributed by atoms with van der Waals surface area (Å²) in [5.74, 6) is 0.548. The van der Waals surface area contributed by atoms with E-state index in [2.05, 4.69) is 10.1 Å². The zero-order valence-corrected chi connectivity index (χ0v) is 16.2. The molecule has 1 heterocycles. The van der Waals surface area contributed by atoms with Gasteiger partial charge in [-0.15, -0.1) is 0 Å². The van der Waals surface area contributed by atoms with Crippen molar-refractivity contribution < 1.29 is 18.4 Å². The van der Waals surface area contributed by atoms with Crippen LogP contribution in [-0.4, -0.2) is 34.1 Å². The molecule has 2 aromatic carbocycles. The lowest BCUT2D eigenvalue weighted by molar-refractivity contribution is -0.138. The molecule has 0 fully saturated rings. The number of nitrogens with zero attached hydrogens (tertiary/aromatic N) is 3. The van der Waals surface area contributed by atoms with E-state index >= 15 is 0 Å². The summed E-state index contributed by atoms with van der Waals surface area (Å²) in [7, 11) is 1.63. The van der Waals surface area contributed by atoms with E-state index < -0.39 is 6.10 Å². The maximum Gasteiger partial charge on any atom is 0.263 e. The normalized spacial score (nSPS) is 11.9. The Bertz CT molecular complexity index is 929. The molecule has 0 aliphatic rings. The van der Waals surface area contributed by atoms with Gasteiger partial charge in [0.25, 0.3) is 5.91 Å². The summed E-state index contributed by atoms with van der Waals surface area (Å²) in [6.45, 7) is 1.98. The molecule has 3 aromatic rings. The average Bonchev–Trinajstić information content (AvgIpc) is 3.16. The van der Waals surface area contributed by atoms with Crippen molar-refractivity contribution in [2.24, 2.45) is 0 Å². The molecule has 6 nitrogen and oxygen atoms in total. The number of likely N-dealkylation sites (N-methyl/N-ethyl adjacent to an activating group) is 1. The minimum absolute atomic E-state index is 0.142. The largest absolute Gasteiger partial charge is 0.481 e. The van der Waals surface area contributed by atoms with Crippen LogP contribution in [0.15, 0.2) is 53.1 Å². The van der Waals surface area contributed by atoms with Crippen LogP contribution in [-0.2, 0) is 11.3 Å². The van der Waals surface area contributed by atoms with Crippen molar-refractivity contribution >= 4 is 17.5 Å². The summed E-state index contributed by atoms with van der Waals surface area (Å²) in [5.41, 5.74) is 0.763. The van der Waals surface area contributed by atoms with Crippen LogP contribution < -0.4 is 4.74 Å². The van der Waals surface area contributed by atoms with Gasteiger partial charge in [-0.05, 0) is 55.0 Å². The van der Waals surface area contributed by atoms with Gasteiger partial charge in [0.2, 0.25) is 11.7 Å². The zero-order chi connectivity index (χ0) is 20.1. The molecular formula is C20H19ClFN3O3. The van der Waals surface area contributed by atoms with Crippen LogP contribution in [0.1, 0.15) is 19.2 Å². The van der Waals surface area contributed by atoms with E-state index in [0.717, 1.165) is 5.56 Å². The molecule has 0 saturated heterocycles. The predicted molar refractivity (Wildman–Crippen MR) is 102 cm³/mol. The standard InChI is InChI=1S/C20H19ClFN3O3/c1-3-17(27-16-10-8-15(22)9-11-16)20(26)25(2)12-18-23-19(24-28-18)13-4-6-14(21)7-5-13/h4-11,17H,3,12H2,1-2H3/t17-/m0/s1. The predicted octanol–water partition coefficient (Wildman–Crippen LogP) is 4.35. The van der Waals surface area contributed by atoms with Crippen molar-refractivity contribution in [2.75, 3.05) is 7.05 Å². The van der Waals surface area contributed by atoms with Crippen molar-refractivity contribution in [1.29, 1.82) is 0 Å². The highest BCUT2D eigenvalue weighted by Crippen LogP contribution is 2.20. The summed E-state index contributed by atoms with van der Waals surface area (Å²) < 4.78 is 24.0. The molecule has 8 heteroatoms. The zero-order valence-electron chi connectivity index (χ0n) is 15.4. The van der Waals surface area contributed by atoms with Crippen LogP contribution in [0.3, 0.4) is 0 Å². The molecule has 28 heavy (non-hydrogen) atoms. The quantitative estimate of drug-likeness (QED) is 0.586. The lowest BCUT2D eigenvalue weighted by atomic mass is 10.2. The number of halogens is 2. The molecule has 0 bridgehead atoms. The molecule has 0 radical (unpaired) electrons. The topological polar surface area (TPSA) is 68.5 Å². The number of carbonyl (C=O) groups is 1. The van der Waals surface area contributed by atoms with E-state index in [1.54, 1.807) is 31.3 Å². The first kappa shape index (κ1) is 19.8. The van der Waals surface area contributed by atoms with Gasteiger partial charge in [-0.2, -0.15) is 4.98 Å². The Morgan fingerprint density at radius 1 is 1.21 bits per heavy atom. The molecule has 0 N–H and O–H groups in total. The van der Waals surface area contributed by atoms with Crippen molar-refractivity contribution in [3.05, 3.63) is 65.3 Å². The molecular weight excluding hydrogens is 385 g/mol. The van der Waals surface area contributed by atoms with Gasteiger partial charge in [0.05, 0.1) is 6.54 Å². The Morgan fingerprint density at radius 2 is 1.89 bits per heavy atom. The fourth-order valence-corrected chi connectivity index (χ4v) is 2.67. The fourth-order valence-electron chi connectivity index (χ4n) is 2.55. The minimum atomic E-state index is -0.700. The smallest absolute Gasteiger partial charge is 0.263 e. The van der Waals surface area contributed by atoms with E-state index in [1.165, 1.54) is 29.2 Å². The fraction of sp³-hybridized carbons (Fsp3) is 0.250. The number of aromatic nitrogens is 2. The molecule has 1 aromatic heterocycles. The van der Waals surface area contributed by atoms with Gasteiger partial charge in [-0.1, -0.05) is 23.7 Å². The Morgan fingerprint density at radius 3 is 2.54 bits per heavy atom. The summed E-state index contributed by atoms with van der Waals surface area (Å²) >= 11 is 5.88. The second kappa shape index (κ2) is 8.84. The van der Waals surface area contributed by atoms with Gasteiger partial charge in [-0.3, -0.25) is 4.79 Å². The third-order valence-corrected chi connectivity index (χ3v) is 4.31. The van der Waals surface area contributed by atoms with Crippen LogP contribution in [0.5, 0.6) is 5.75 Å². The highest BCUT2D eigenvalue weighted by molar-refractivity contribution is 6.30. The van der Waals surface area contributed by atoms with Gasteiger partial charge >= 0.3 is 0 Å². The van der Waals surface area contributed by atoms with E-state index in [0.29, 0.717) is 28.9 Å². The second-order valence-electron chi connectivity index (χ2n) is 6.18. The number of rotatable bonds is 7. The highest BCUT2D eigenvalue weighted by Gasteiger charge is 2.24. The molecule has 0 saturated carbocycles. The van der Waals surface area contributed by atoms with Crippen molar-refractivity contribution in [3.63, 3.8) is 0 Å². The molecule has 3 rings (SSSR count). The summed E-state index contributed by atoms with van der Waals surface area (Å²) in [4.78, 5) is 18.5. The molecule has 0 spiro atoms. The number of carbonyl (C=O) groups excluding carboxylic acids is 1. The van der Waals surface area contributed by atoms with Gasteiger partial charge in [-0.25, -0.2) is 4.39 Å². The molecule has 1 amide bonds. The second-order valence-corrected chi connectivity index (χ2v) is 6.62. The minimum Gasteiger partial charge on any atom is -0.481 e. The Labute approximate surface area is 166 Å². The van der Waals surface area contributed by atoms with Crippen molar-refractivity contribution in [3.8, 4) is 17.1 Å². The monoisotopic (exact) mass is 403 g/mol. The first-order valence-electron chi connectivity index (χ1n) is 8.72. The van der Waals surface area contributed by atoms with Gasteiger partial charge in [0.1, 0.15) is 11.6 Å². The van der Waals surface area contributed by atoms with Crippen LogP contribution >= 0.6 is 11.6 Å². The first-order valence-corrected chi connectivity index (χ1v) is 9.09. The summed E-state index contributed by atoms with van der Waals surface area (Å²) in [6, 6.07) is 12.6. The Kier molecular flexibility index (Phi) is 6.26. The molecule has 0 aliphatic heterocycles. The number of hydrogen-bond donors (Lipinski definition) is 0. The summed E-state index contributed by atoms with van der Waals surface area (Å²) in [5, 5.41) is 4.55. The lowest BCUT2D eigenvalue weighted by Gasteiger charge is -2.22. The molecule has 0 unspecified atom stereocenters. The van der Waals surface area contributed by atoms with Gasteiger partial charge < -0.3 is 14.2 Å². The van der Waals surface area contributed by atoms with Crippen LogP contribution in [0.25, 0.3) is 11.4 Å². The molecule has 146 valence electrons. The van der Waals surface area contributed by atoms with E-state index in [9.17, 15) is 9.18 Å². The van der Waals surface area contributed by atoms with Crippen molar-refractivity contribution in [1.82, 2.24) is 15.0 Å². The molecule has 0 aliphatic carbocycles. The lowest BCUT2D eigenvalue weighted by Crippen LogP contribution is -2.39. The Balaban J connectivity index is 1.64. The maximum absolute atomic E-state index is 13.0. The highest BCUT2D eigenvalue weighted by atomic mass is 35.5. The third-order valence-electron chi connectivity index (χ3n) is 4.06. The van der Waals surface area contributed by atoms with E-state index in [1.807, 2.05) is 6.92 Å². The van der Waals surface area contributed by atoms with E-state index in [4.69, 9.17) is 20.9 Å². The van der Waals surface area contributed by atoms with Crippen LogP contribution in [0.4, 0.5) is 4.39 Å². The van der Waals surface area contributed by atoms with Crippen LogP contribution in [0.2, 0.25) is 5.02 Å². The molecule has 1 atom stereocenters. The van der Waals surface area contributed by atoms with Gasteiger partial charge in [0.15, 0.2) is 6.10 Å². The number of benzene rings is 2. The van der Waals surface area contributed by atoms with Crippen LogP contribution in [0, 0.1) is 5.82 Å². The number of ether oxygens (including phenoxy) is 1. The third kappa shape index (κ3) is 4.86. The number of amides is 1. The Hall–Kier alpha value is -2.93.